The Morgan fingerprint density at radius 3 is 2.52 bits per heavy atom. The maximum absolute atomic E-state index is 12.2. The van der Waals surface area contributed by atoms with Crippen molar-refractivity contribution in [2.24, 2.45) is 14.1 Å². The number of nitrogens with zero attached hydrogens (tertiary/aromatic N) is 4. The lowest BCUT2D eigenvalue weighted by Gasteiger charge is -2.06. The van der Waals surface area contributed by atoms with E-state index < -0.39 is 17.2 Å². The van der Waals surface area contributed by atoms with E-state index in [1.165, 1.54) is 16.2 Å². The maximum atomic E-state index is 12.2. The first kappa shape index (κ1) is 14.8. The summed E-state index contributed by atoms with van der Waals surface area (Å²) in [5, 5.41) is 11.5. The Kier molecular flexibility index (Phi) is 3.83. The van der Waals surface area contributed by atoms with E-state index in [-0.39, 0.29) is 13.0 Å². The van der Waals surface area contributed by atoms with E-state index in [0.29, 0.717) is 23.7 Å². The minimum Gasteiger partial charge on any atom is -0.481 e. The van der Waals surface area contributed by atoms with Crippen LogP contribution in [0, 0.1) is 0 Å². The highest BCUT2D eigenvalue weighted by molar-refractivity contribution is 5.74. The van der Waals surface area contributed by atoms with Gasteiger partial charge in [0.25, 0.3) is 5.56 Å². The van der Waals surface area contributed by atoms with E-state index in [1.807, 2.05) is 0 Å². The number of hydrogen-bond acceptors (Lipinski definition) is 5. The van der Waals surface area contributed by atoms with E-state index in [1.54, 1.807) is 14.0 Å². The van der Waals surface area contributed by atoms with Gasteiger partial charge in [0.05, 0.1) is 6.42 Å². The highest BCUT2D eigenvalue weighted by Crippen LogP contribution is 2.13. The minimum absolute atomic E-state index is 0.0677. The van der Waals surface area contributed by atoms with Crippen LogP contribution in [0.3, 0.4) is 0 Å². The van der Waals surface area contributed by atoms with Gasteiger partial charge < -0.3 is 15.0 Å². The van der Waals surface area contributed by atoms with Crippen LogP contribution in [0.1, 0.15) is 13.3 Å². The maximum Gasteiger partial charge on any atom is 0.332 e. The SMILES string of the molecule is CCn1c(=O)n(C)c(=O)c2c1nc(NCCC(=O)O)n2C. The van der Waals surface area contributed by atoms with Crippen LogP contribution in [-0.2, 0) is 25.4 Å². The molecule has 0 aromatic carbocycles. The fraction of sp³-hybridized carbons (Fsp3) is 0.500. The lowest BCUT2D eigenvalue weighted by Crippen LogP contribution is -2.38. The van der Waals surface area contributed by atoms with Crippen molar-refractivity contribution in [3.8, 4) is 0 Å². The Morgan fingerprint density at radius 2 is 1.95 bits per heavy atom. The zero-order chi connectivity index (χ0) is 15.7. The van der Waals surface area contributed by atoms with Crippen LogP contribution in [0.4, 0.5) is 5.95 Å². The summed E-state index contributed by atoms with van der Waals surface area (Å²) in [6.07, 6.45) is -0.0677. The molecule has 9 heteroatoms. The first-order valence-corrected chi connectivity index (χ1v) is 6.50. The monoisotopic (exact) mass is 295 g/mol. The number of rotatable bonds is 5. The van der Waals surface area contributed by atoms with Crippen LogP contribution in [0.25, 0.3) is 11.2 Å². The second-order valence-corrected chi connectivity index (χ2v) is 4.63. The number of aryl methyl sites for hydroxylation is 2. The topological polar surface area (TPSA) is 111 Å². The largest absolute Gasteiger partial charge is 0.481 e. The molecule has 114 valence electrons. The Morgan fingerprint density at radius 1 is 1.29 bits per heavy atom. The molecule has 0 aliphatic heterocycles. The molecular weight excluding hydrogens is 278 g/mol. The summed E-state index contributed by atoms with van der Waals surface area (Å²) in [5.74, 6) is -0.571. The minimum atomic E-state index is -0.928. The van der Waals surface area contributed by atoms with Crippen molar-refractivity contribution in [3.05, 3.63) is 20.8 Å². The summed E-state index contributed by atoms with van der Waals surface area (Å²) in [7, 11) is 3.06. The molecule has 2 heterocycles. The number of carboxylic acids is 1. The molecule has 0 spiro atoms. The standard InChI is InChI=1S/C12H17N5O4/c1-4-17-9-8(10(20)16(3)12(17)21)15(2)11(14-9)13-6-5-7(18)19/h4-6H2,1-3H3,(H,13,14)(H,18,19). The van der Waals surface area contributed by atoms with Gasteiger partial charge in [-0.25, -0.2) is 4.79 Å². The molecule has 0 saturated heterocycles. The highest BCUT2D eigenvalue weighted by atomic mass is 16.4. The fourth-order valence-corrected chi connectivity index (χ4v) is 2.15. The molecule has 0 amide bonds. The van der Waals surface area contributed by atoms with Gasteiger partial charge in [-0.3, -0.25) is 18.7 Å². The quantitative estimate of drug-likeness (QED) is 0.757. The summed E-state index contributed by atoms with van der Waals surface area (Å²) < 4.78 is 3.97. The van der Waals surface area contributed by atoms with E-state index in [9.17, 15) is 14.4 Å². The molecule has 0 saturated carbocycles. The van der Waals surface area contributed by atoms with Gasteiger partial charge in [0.2, 0.25) is 5.95 Å². The number of fused-ring (bicyclic) bond motifs is 1. The van der Waals surface area contributed by atoms with Crippen LogP contribution < -0.4 is 16.6 Å². The third-order valence-corrected chi connectivity index (χ3v) is 3.30. The van der Waals surface area contributed by atoms with Crippen molar-refractivity contribution < 1.29 is 9.90 Å². The number of nitrogens with one attached hydrogen (secondary N) is 1. The number of aliphatic carboxylic acids is 1. The molecule has 9 nitrogen and oxygen atoms in total. The van der Waals surface area contributed by atoms with Gasteiger partial charge in [-0.05, 0) is 6.92 Å². The molecule has 0 aliphatic carbocycles. The second kappa shape index (κ2) is 5.43. The van der Waals surface area contributed by atoms with Crippen molar-refractivity contribution in [1.82, 2.24) is 18.7 Å². The molecule has 2 aromatic rings. The van der Waals surface area contributed by atoms with Crippen LogP contribution in [0.15, 0.2) is 9.59 Å². The third-order valence-electron chi connectivity index (χ3n) is 3.30. The number of hydrogen-bond donors (Lipinski definition) is 2. The first-order chi connectivity index (χ1) is 9.88. The molecule has 0 fully saturated rings. The molecule has 0 aliphatic rings. The van der Waals surface area contributed by atoms with Gasteiger partial charge in [0, 0.05) is 27.2 Å². The Balaban J connectivity index is 2.60. The van der Waals surface area contributed by atoms with Crippen molar-refractivity contribution >= 4 is 23.1 Å². The molecule has 2 N–H and O–H groups in total. The number of carboxylic acid groups (broad SMARTS) is 1. The highest BCUT2D eigenvalue weighted by Gasteiger charge is 2.17. The summed E-state index contributed by atoms with van der Waals surface area (Å²) in [6, 6.07) is 0. The predicted octanol–water partition coefficient (Wildman–Crippen LogP) is -0.660. The normalized spacial score (nSPS) is 11.0. The van der Waals surface area contributed by atoms with Crippen molar-refractivity contribution in [1.29, 1.82) is 0 Å². The average Bonchev–Trinajstić information content (AvgIpc) is 2.74. The Bertz CT molecular complexity index is 814. The lowest BCUT2D eigenvalue weighted by atomic mass is 10.4. The van der Waals surface area contributed by atoms with Gasteiger partial charge >= 0.3 is 11.7 Å². The fourth-order valence-electron chi connectivity index (χ4n) is 2.15. The van der Waals surface area contributed by atoms with E-state index in [2.05, 4.69) is 10.3 Å². The second-order valence-electron chi connectivity index (χ2n) is 4.63. The van der Waals surface area contributed by atoms with Crippen molar-refractivity contribution in [3.63, 3.8) is 0 Å². The first-order valence-electron chi connectivity index (χ1n) is 6.50. The molecule has 2 aromatic heterocycles. The van der Waals surface area contributed by atoms with Crippen LogP contribution >= 0.6 is 0 Å². The number of imidazole rings is 1. The Labute approximate surface area is 119 Å². The van der Waals surface area contributed by atoms with Crippen LogP contribution in [0.2, 0.25) is 0 Å². The van der Waals surface area contributed by atoms with Gasteiger partial charge in [0.1, 0.15) is 0 Å². The molecule has 0 atom stereocenters. The average molecular weight is 295 g/mol. The van der Waals surface area contributed by atoms with Crippen LogP contribution in [0.5, 0.6) is 0 Å². The Hall–Kier alpha value is -2.58. The number of anilines is 1. The molecule has 0 bridgehead atoms. The molecule has 0 radical (unpaired) electrons. The predicted molar refractivity (Wildman–Crippen MR) is 76.6 cm³/mol. The van der Waals surface area contributed by atoms with E-state index >= 15 is 0 Å². The summed E-state index contributed by atoms with van der Waals surface area (Å²) in [4.78, 5) is 39.0. The van der Waals surface area contributed by atoms with Gasteiger partial charge in [-0.2, -0.15) is 4.98 Å². The summed E-state index contributed by atoms with van der Waals surface area (Å²) >= 11 is 0. The zero-order valence-electron chi connectivity index (χ0n) is 12.1. The zero-order valence-corrected chi connectivity index (χ0v) is 12.1. The van der Waals surface area contributed by atoms with E-state index in [0.717, 1.165) is 4.57 Å². The number of carbonyl (C=O) groups is 1. The van der Waals surface area contributed by atoms with Gasteiger partial charge in [0.15, 0.2) is 11.2 Å². The lowest BCUT2D eigenvalue weighted by molar-refractivity contribution is -0.136. The summed E-state index contributed by atoms with van der Waals surface area (Å²) in [5.41, 5.74) is -0.256. The van der Waals surface area contributed by atoms with E-state index in [4.69, 9.17) is 5.11 Å². The van der Waals surface area contributed by atoms with Gasteiger partial charge in [-0.15, -0.1) is 0 Å². The third kappa shape index (κ3) is 2.41. The van der Waals surface area contributed by atoms with Crippen molar-refractivity contribution in [2.45, 2.75) is 19.9 Å². The van der Waals surface area contributed by atoms with Crippen molar-refractivity contribution in [2.75, 3.05) is 11.9 Å². The van der Waals surface area contributed by atoms with Crippen LogP contribution in [-0.4, -0.2) is 36.3 Å². The summed E-state index contributed by atoms with van der Waals surface area (Å²) in [6.45, 7) is 2.36. The molecule has 0 unspecified atom stereocenters. The van der Waals surface area contributed by atoms with Gasteiger partial charge in [-0.1, -0.05) is 0 Å². The molecular formula is C12H17N5O4. The smallest absolute Gasteiger partial charge is 0.332 e. The molecule has 21 heavy (non-hydrogen) atoms. The number of aromatic nitrogens is 4. The molecule has 2 rings (SSSR count).